The zero-order valence-electron chi connectivity index (χ0n) is 22.6. The molecule has 0 aliphatic heterocycles. The van der Waals surface area contributed by atoms with E-state index in [1.165, 1.54) is 16.3 Å². The molecular formula is C27H39N3O6S. The SMILES string of the molecule is CCC(C)NC(=O)C(C)N(Cc1cccc(OC)c1)C(=O)CCCN(c1ccccc1OC)S(C)(=O)=O. The highest BCUT2D eigenvalue weighted by atomic mass is 32.2. The summed E-state index contributed by atoms with van der Waals surface area (Å²) in [5, 5.41) is 2.94. The van der Waals surface area contributed by atoms with Crippen LogP contribution in [0.5, 0.6) is 11.5 Å². The lowest BCUT2D eigenvalue weighted by Gasteiger charge is -2.30. The third-order valence-corrected chi connectivity index (χ3v) is 7.34. The molecule has 2 rings (SSSR count). The van der Waals surface area contributed by atoms with Crippen molar-refractivity contribution < 1.29 is 27.5 Å². The van der Waals surface area contributed by atoms with Crippen molar-refractivity contribution in [1.29, 1.82) is 0 Å². The standard InChI is InChI=1S/C27H39N3O6S/c1-7-20(2)28-27(32)21(3)29(19-22-12-10-13-23(18-22)35-4)26(31)16-11-17-30(37(6,33)34)24-14-8-9-15-25(24)36-5/h8-10,12-15,18,20-21H,7,11,16-17,19H2,1-6H3,(H,28,32). The molecule has 2 aromatic rings. The number of hydrogen-bond donors (Lipinski definition) is 1. The number of carbonyl (C=O) groups excluding carboxylic acids is 2. The van der Waals surface area contributed by atoms with E-state index in [4.69, 9.17) is 9.47 Å². The quantitative estimate of drug-likeness (QED) is 0.398. The van der Waals surface area contributed by atoms with E-state index in [0.717, 1.165) is 18.2 Å². The number of para-hydroxylation sites is 2. The molecule has 0 fully saturated rings. The number of methoxy groups -OCH3 is 2. The fraction of sp³-hybridized carbons (Fsp3) is 0.481. The normalized spacial score (nSPS) is 12.8. The van der Waals surface area contributed by atoms with Crippen molar-refractivity contribution >= 4 is 27.5 Å². The Hall–Kier alpha value is -3.27. The molecule has 0 heterocycles. The molecule has 0 aromatic heterocycles. The van der Waals surface area contributed by atoms with Crippen molar-refractivity contribution in [2.24, 2.45) is 0 Å². The molecule has 0 saturated heterocycles. The zero-order valence-corrected chi connectivity index (χ0v) is 23.4. The van der Waals surface area contributed by atoms with Gasteiger partial charge in [-0.1, -0.05) is 31.2 Å². The van der Waals surface area contributed by atoms with E-state index in [-0.39, 0.29) is 43.8 Å². The number of anilines is 1. The number of carbonyl (C=O) groups is 2. The number of hydrogen-bond acceptors (Lipinski definition) is 6. The average molecular weight is 534 g/mol. The van der Waals surface area contributed by atoms with Crippen LogP contribution in [0, 0.1) is 0 Å². The maximum atomic E-state index is 13.4. The largest absolute Gasteiger partial charge is 0.497 e. The first-order valence-corrected chi connectivity index (χ1v) is 14.2. The smallest absolute Gasteiger partial charge is 0.242 e. The summed E-state index contributed by atoms with van der Waals surface area (Å²) in [6.45, 7) is 5.90. The van der Waals surface area contributed by atoms with Gasteiger partial charge in [0.15, 0.2) is 0 Å². The van der Waals surface area contributed by atoms with Gasteiger partial charge in [-0.15, -0.1) is 0 Å². The summed E-state index contributed by atoms with van der Waals surface area (Å²) < 4.78 is 37.0. The molecule has 0 radical (unpaired) electrons. The van der Waals surface area contributed by atoms with Gasteiger partial charge in [0.1, 0.15) is 17.5 Å². The Labute approximate surface area is 220 Å². The van der Waals surface area contributed by atoms with E-state index in [2.05, 4.69) is 5.32 Å². The van der Waals surface area contributed by atoms with Gasteiger partial charge in [0.25, 0.3) is 0 Å². The number of ether oxygens (including phenoxy) is 2. The van der Waals surface area contributed by atoms with Crippen molar-refractivity contribution in [3.63, 3.8) is 0 Å². The monoisotopic (exact) mass is 533 g/mol. The van der Waals surface area contributed by atoms with Gasteiger partial charge in [-0.3, -0.25) is 13.9 Å². The number of rotatable bonds is 14. The third kappa shape index (κ3) is 8.66. The Bertz CT molecular complexity index is 1150. The van der Waals surface area contributed by atoms with Gasteiger partial charge in [0, 0.05) is 25.6 Å². The molecule has 204 valence electrons. The van der Waals surface area contributed by atoms with Gasteiger partial charge >= 0.3 is 0 Å². The lowest BCUT2D eigenvalue weighted by atomic mass is 10.1. The summed E-state index contributed by atoms with van der Waals surface area (Å²) in [5.41, 5.74) is 1.23. The molecule has 1 N–H and O–H groups in total. The minimum atomic E-state index is -3.62. The van der Waals surface area contributed by atoms with Crippen LogP contribution in [0.25, 0.3) is 0 Å². The van der Waals surface area contributed by atoms with E-state index in [1.54, 1.807) is 38.3 Å². The molecule has 0 aliphatic carbocycles. The Morgan fingerprint density at radius 3 is 2.35 bits per heavy atom. The highest BCUT2D eigenvalue weighted by molar-refractivity contribution is 7.92. The Kier molecular flexibility index (Phi) is 11.2. The van der Waals surface area contributed by atoms with Crippen molar-refractivity contribution in [3.05, 3.63) is 54.1 Å². The van der Waals surface area contributed by atoms with Crippen LogP contribution < -0.4 is 19.1 Å². The van der Waals surface area contributed by atoms with Crippen LogP contribution in [0.1, 0.15) is 45.6 Å². The lowest BCUT2D eigenvalue weighted by Crippen LogP contribution is -2.49. The summed E-state index contributed by atoms with van der Waals surface area (Å²) in [6.07, 6.45) is 2.22. The minimum absolute atomic E-state index is 0.0205. The van der Waals surface area contributed by atoms with Crippen LogP contribution in [-0.4, -0.2) is 64.2 Å². The summed E-state index contributed by atoms with van der Waals surface area (Å²) in [5.74, 6) is 0.594. The van der Waals surface area contributed by atoms with Gasteiger partial charge in [0.2, 0.25) is 21.8 Å². The molecule has 0 aliphatic rings. The van der Waals surface area contributed by atoms with Gasteiger partial charge in [-0.05, 0) is 56.5 Å². The second kappa shape index (κ2) is 13.9. The molecule has 2 aromatic carbocycles. The number of benzene rings is 2. The maximum absolute atomic E-state index is 13.4. The predicted molar refractivity (Wildman–Crippen MR) is 145 cm³/mol. The molecular weight excluding hydrogens is 494 g/mol. The molecule has 37 heavy (non-hydrogen) atoms. The van der Waals surface area contributed by atoms with Crippen molar-refractivity contribution in [3.8, 4) is 11.5 Å². The van der Waals surface area contributed by atoms with E-state index in [0.29, 0.717) is 17.2 Å². The number of nitrogens with zero attached hydrogens (tertiary/aromatic N) is 2. The predicted octanol–water partition coefficient (Wildman–Crippen LogP) is 3.58. The fourth-order valence-corrected chi connectivity index (χ4v) is 4.80. The molecule has 0 bridgehead atoms. The Morgan fingerprint density at radius 1 is 1.03 bits per heavy atom. The Balaban J connectivity index is 2.22. The topological polar surface area (TPSA) is 105 Å². The molecule has 2 unspecified atom stereocenters. The number of sulfonamides is 1. The van der Waals surface area contributed by atoms with Crippen LogP contribution in [0.4, 0.5) is 5.69 Å². The van der Waals surface area contributed by atoms with E-state index in [9.17, 15) is 18.0 Å². The van der Waals surface area contributed by atoms with Crippen LogP contribution in [0.15, 0.2) is 48.5 Å². The highest BCUT2D eigenvalue weighted by Crippen LogP contribution is 2.29. The van der Waals surface area contributed by atoms with Crippen molar-refractivity contribution in [1.82, 2.24) is 10.2 Å². The first-order valence-electron chi connectivity index (χ1n) is 12.3. The van der Waals surface area contributed by atoms with Crippen molar-refractivity contribution in [2.75, 3.05) is 31.3 Å². The third-order valence-electron chi connectivity index (χ3n) is 6.16. The van der Waals surface area contributed by atoms with Crippen LogP contribution in [0.2, 0.25) is 0 Å². The molecule has 10 heteroatoms. The van der Waals surface area contributed by atoms with Gasteiger partial charge in [-0.2, -0.15) is 0 Å². The van der Waals surface area contributed by atoms with E-state index >= 15 is 0 Å². The van der Waals surface area contributed by atoms with Gasteiger partial charge < -0.3 is 19.7 Å². The van der Waals surface area contributed by atoms with Gasteiger partial charge in [0.05, 0.1) is 26.2 Å². The zero-order chi connectivity index (χ0) is 27.6. The molecule has 9 nitrogen and oxygen atoms in total. The van der Waals surface area contributed by atoms with Crippen LogP contribution in [0.3, 0.4) is 0 Å². The summed E-state index contributed by atoms with van der Waals surface area (Å²) in [4.78, 5) is 27.9. The second-order valence-corrected chi connectivity index (χ2v) is 10.9. The first kappa shape index (κ1) is 30.0. The molecule has 2 atom stereocenters. The summed E-state index contributed by atoms with van der Waals surface area (Å²) >= 11 is 0. The minimum Gasteiger partial charge on any atom is -0.497 e. The van der Waals surface area contributed by atoms with Crippen LogP contribution >= 0.6 is 0 Å². The molecule has 0 spiro atoms. The molecule has 2 amide bonds. The average Bonchev–Trinajstić information content (AvgIpc) is 2.88. The fourth-order valence-electron chi connectivity index (χ4n) is 3.83. The van der Waals surface area contributed by atoms with Crippen LogP contribution in [-0.2, 0) is 26.2 Å². The summed E-state index contributed by atoms with van der Waals surface area (Å²) in [7, 11) is -0.575. The highest BCUT2D eigenvalue weighted by Gasteiger charge is 2.27. The first-order chi connectivity index (χ1) is 17.5. The number of amides is 2. The second-order valence-electron chi connectivity index (χ2n) is 8.98. The van der Waals surface area contributed by atoms with Gasteiger partial charge in [-0.25, -0.2) is 8.42 Å². The van der Waals surface area contributed by atoms with E-state index in [1.807, 2.05) is 38.1 Å². The maximum Gasteiger partial charge on any atom is 0.242 e. The van der Waals surface area contributed by atoms with Crippen molar-refractivity contribution in [2.45, 2.75) is 58.7 Å². The lowest BCUT2D eigenvalue weighted by molar-refractivity contribution is -0.140. The summed E-state index contributed by atoms with van der Waals surface area (Å²) in [6, 6.07) is 13.4. The number of nitrogens with one attached hydrogen (secondary N) is 1. The Morgan fingerprint density at radius 2 is 1.73 bits per heavy atom. The molecule has 0 saturated carbocycles. The van der Waals surface area contributed by atoms with E-state index < -0.39 is 16.1 Å².